The maximum absolute atomic E-state index is 13.4. The highest BCUT2D eigenvalue weighted by atomic mass is 35.5. The molecular formula is C12H19ClFNO. The Morgan fingerprint density at radius 2 is 1.88 bits per heavy atom. The van der Waals surface area contributed by atoms with Gasteiger partial charge in [-0.3, -0.25) is 0 Å². The Bertz CT molecular complexity index is 349. The molecule has 2 N–H and O–H groups in total. The predicted octanol–water partition coefficient (Wildman–Crippen LogP) is 3.30. The molecule has 0 aliphatic heterocycles. The Labute approximate surface area is 102 Å². The van der Waals surface area contributed by atoms with Crippen LogP contribution in [0.1, 0.15) is 32.4 Å². The van der Waals surface area contributed by atoms with Crippen LogP contribution < -0.4 is 10.5 Å². The highest BCUT2D eigenvalue weighted by Gasteiger charge is 2.23. The summed E-state index contributed by atoms with van der Waals surface area (Å²) in [5.41, 5.74) is 6.74. The first-order valence-electron chi connectivity index (χ1n) is 4.95. The maximum atomic E-state index is 13.4. The van der Waals surface area contributed by atoms with E-state index in [1.54, 1.807) is 12.1 Å². The van der Waals surface area contributed by atoms with Crippen LogP contribution in [-0.2, 0) is 0 Å². The number of rotatable bonds is 2. The van der Waals surface area contributed by atoms with Gasteiger partial charge >= 0.3 is 0 Å². The highest BCUT2D eigenvalue weighted by Crippen LogP contribution is 2.32. The molecule has 1 rings (SSSR count). The second kappa shape index (κ2) is 5.51. The lowest BCUT2D eigenvalue weighted by atomic mass is 9.83. The summed E-state index contributed by atoms with van der Waals surface area (Å²) in [6, 6.07) is 4.67. The lowest BCUT2D eigenvalue weighted by Crippen LogP contribution is -2.26. The summed E-state index contributed by atoms with van der Waals surface area (Å²) in [4.78, 5) is 0. The van der Waals surface area contributed by atoms with E-state index in [1.807, 2.05) is 20.8 Å². The normalized spacial score (nSPS) is 12.9. The lowest BCUT2D eigenvalue weighted by molar-refractivity contribution is 0.325. The van der Waals surface area contributed by atoms with Gasteiger partial charge in [0, 0.05) is 6.04 Å². The third-order valence-corrected chi connectivity index (χ3v) is 2.47. The SMILES string of the molecule is COc1ccc([C@@H](N)C(C)(C)C)cc1F.Cl. The number of halogens is 2. The minimum atomic E-state index is -0.366. The zero-order chi connectivity index (χ0) is 11.6. The number of ether oxygens (including phenoxy) is 1. The molecule has 0 saturated carbocycles. The minimum Gasteiger partial charge on any atom is -0.494 e. The molecule has 0 aliphatic rings. The Morgan fingerprint density at radius 3 is 2.25 bits per heavy atom. The van der Waals surface area contributed by atoms with E-state index in [4.69, 9.17) is 10.5 Å². The van der Waals surface area contributed by atoms with Gasteiger partial charge in [-0.25, -0.2) is 4.39 Å². The third-order valence-electron chi connectivity index (χ3n) is 2.47. The zero-order valence-electron chi connectivity index (χ0n) is 10.1. The molecule has 0 fully saturated rings. The van der Waals surface area contributed by atoms with E-state index in [1.165, 1.54) is 13.2 Å². The van der Waals surface area contributed by atoms with Crippen LogP contribution in [0.2, 0.25) is 0 Å². The molecule has 0 amide bonds. The second-order valence-electron chi connectivity index (χ2n) is 4.74. The van der Waals surface area contributed by atoms with Crippen LogP contribution in [0.5, 0.6) is 5.75 Å². The average Bonchev–Trinajstić information content (AvgIpc) is 2.15. The van der Waals surface area contributed by atoms with Crippen LogP contribution in [0.4, 0.5) is 4.39 Å². The van der Waals surface area contributed by atoms with Crippen molar-refractivity contribution in [3.63, 3.8) is 0 Å². The van der Waals surface area contributed by atoms with Gasteiger partial charge in [0.05, 0.1) is 7.11 Å². The zero-order valence-corrected chi connectivity index (χ0v) is 10.9. The van der Waals surface area contributed by atoms with Crippen LogP contribution in [0.15, 0.2) is 18.2 Å². The summed E-state index contributed by atoms with van der Waals surface area (Å²) < 4.78 is 18.3. The Kier molecular flexibility index (Phi) is 5.23. The average molecular weight is 248 g/mol. The molecule has 0 aliphatic carbocycles. The first-order chi connectivity index (χ1) is 6.86. The molecule has 2 nitrogen and oxygen atoms in total. The van der Waals surface area contributed by atoms with Crippen molar-refractivity contribution in [3.05, 3.63) is 29.6 Å². The van der Waals surface area contributed by atoms with Gasteiger partial charge in [-0.15, -0.1) is 12.4 Å². The van der Waals surface area contributed by atoms with E-state index in [-0.39, 0.29) is 35.4 Å². The number of hydrogen-bond donors (Lipinski definition) is 1. The van der Waals surface area contributed by atoms with Crippen molar-refractivity contribution in [1.82, 2.24) is 0 Å². The second-order valence-corrected chi connectivity index (χ2v) is 4.74. The van der Waals surface area contributed by atoms with Gasteiger partial charge in [0.2, 0.25) is 0 Å². The van der Waals surface area contributed by atoms with Crippen molar-refractivity contribution in [2.75, 3.05) is 7.11 Å². The third kappa shape index (κ3) is 3.35. The van der Waals surface area contributed by atoms with Crippen molar-refractivity contribution < 1.29 is 9.13 Å². The Balaban J connectivity index is 0.00000225. The topological polar surface area (TPSA) is 35.2 Å². The monoisotopic (exact) mass is 247 g/mol. The van der Waals surface area contributed by atoms with E-state index >= 15 is 0 Å². The van der Waals surface area contributed by atoms with Crippen molar-refractivity contribution in [2.45, 2.75) is 26.8 Å². The molecule has 16 heavy (non-hydrogen) atoms. The molecule has 1 atom stereocenters. The van der Waals surface area contributed by atoms with E-state index in [9.17, 15) is 4.39 Å². The summed E-state index contributed by atoms with van der Waals surface area (Å²) in [5, 5.41) is 0. The summed E-state index contributed by atoms with van der Waals surface area (Å²) in [5.74, 6) is -0.116. The molecule has 0 saturated heterocycles. The summed E-state index contributed by atoms with van der Waals surface area (Å²) in [7, 11) is 1.45. The van der Waals surface area contributed by atoms with Crippen molar-refractivity contribution in [3.8, 4) is 5.75 Å². The van der Waals surface area contributed by atoms with Gasteiger partial charge in [0.15, 0.2) is 11.6 Å². The van der Waals surface area contributed by atoms with Gasteiger partial charge < -0.3 is 10.5 Å². The van der Waals surface area contributed by atoms with Crippen LogP contribution >= 0.6 is 12.4 Å². The molecule has 0 radical (unpaired) electrons. The largest absolute Gasteiger partial charge is 0.494 e. The fourth-order valence-corrected chi connectivity index (χ4v) is 1.38. The quantitative estimate of drug-likeness (QED) is 0.870. The molecule has 1 aromatic carbocycles. The van der Waals surface area contributed by atoms with Crippen LogP contribution in [0, 0.1) is 11.2 Å². The van der Waals surface area contributed by atoms with E-state index in [2.05, 4.69) is 0 Å². The molecule has 92 valence electrons. The predicted molar refractivity (Wildman–Crippen MR) is 66.6 cm³/mol. The first kappa shape index (κ1) is 15.2. The van der Waals surface area contributed by atoms with E-state index < -0.39 is 0 Å². The number of benzene rings is 1. The standard InChI is InChI=1S/C12H18FNO.ClH/c1-12(2,3)11(14)8-5-6-10(15-4)9(13)7-8;/h5-7,11H,14H2,1-4H3;1H/t11-;/m1./s1. The van der Waals surface area contributed by atoms with Gasteiger partial charge in [-0.2, -0.15) is 0 Å². The molecule has 0 spiro atoms. The Hall–Kier alpha value is -0.800. The number of methoxy groups -OCH3 is 1. The molecule has 0 bridgehead atoms. The maximum Gasteiger partial charge on any atom is 0.165 e. The molecule has 1 aromatic rings. The molecule has 0 aromatic heterocycles. The van der Waals surface area contributed by atoms with Crippen molar-refractivity contribution >= 4 is 12.4 Å². The number of hydrogen-bond acceptors (Lipinski definition) is 2. The number of nitrogens with two attached hydrogens (primary N) is 1. The summed E-state index contributed by atoms with van der Waals surface area (Å²) >= 11 is 0. The molecule has 0 heterocycles. The van der Waals surface area contributed by atoms with Crippen LogP contribution in [-0.4, -0.2) is 7.11 Å². The summed E-state index contributed by atoms with van der Waals surface area (Å²) in [6.07, 6.45) is 0. The summed E-state index contributed by atoms with van der Waals surface area (Å²) in [6.45, 7) is 6.08. The van der Waals surface area contributed by atoms with Gasteiger partial charge in [0.1, 0.15) is 0 Å². The highest BCUT2D eigenvalue weighted by molar-refractivity contribution is 5.85. The van der Waals surface area contributed by atoms with Gasteiger partial charge in [-0.1, -0.05) is 26.8 Å². The van der Waals surface area contributed by atoms with E-state index in [0.717, 1.165) is 5.56 Å². The van der Waals surface area contributed by atoms with Gasteiger partial charge in [-0.05, 0) is 23.1 Å². The first-order valence-corrected chi connectivity index (χ1v) is 4.95. The van der Waals surface area contributed by atoms with E-state index in [0.29, 0.717) is 0 Å². The van der Waals surface area contributed by atoms with Gasteiger partial charge in [0.25, 0.3) is 0 Å². The van der Waals surface area contributed by atoms with Crippen LogP contribution in [0.3, 0.4) is 0 Å². The van der Waals surface area contributed by atoms with Crippen molar-refractivity contribution in [1.29, 1.82) is 0 Å². The Morgan fingerprint density at radius 1 is 1.31 bits per heavy atom. The fraction of sp³-hybridized carbons (Fsp3) is 0.500. The smallest absolute Gasteiger partial charge is 0.165 e. The molecule has 0 unspecified atom stereocenters. The lowest BCUT2D eigenvalue weighted by Gasteiger charge is -2.27. The minimum absolute atomic E-state index is 0. The fourth-order valence-electron chi connectivity index (χ4n) is 1.38. The molecular weight excluding hydrogens is 229 g/mol. The van der Waals surface area contributed by atoms with Crippen LogP contribution in [0.25, 0.3) is 0 Å². The van der Waals surface area contributed by atoms with Crippen molar-refractivity contribution in [2.24, 2.45) is 11.1 Å². The molecule has 4 heteroatoms.